The second kappa shape index (κ2) is 6.17. The molecule has 0 aliphatic carbocycles. The van der Waals surface area contributed by atoms with E-state index in [1.807, 2.05) is 30.3 Å². The third-order valence-corrected chi connectivity index (χ3v) is 4.60. The number of rotatable bonds is 4. The van der Waals surface area contributed by atoms with Crippen molar-refractivity contribution in [2.24, 2.45) is 0 Å². The van der Waals surface area contributed by atoms with Crippen molar-refractivity contribution in [2.45, 2.75) is 6.54 Å². The van der Waals surface area contributed by atoms with Gasteiger partial charge in [0.1, 0.15) is 9.71 Å². The second-order valence-corrected chi connectivity index (χ2v) is 6.08. The van der Waals surface area contributed by atoms with Crippen molar-refractivity contribution in [3.8, 4) is 0 Å². The lowest BCUT2D eigenvalue weighted by molar-refractivity contribution is -0.255. The molecule has 0 aliphatic heterocycles. The molecule has 0 saturated heterocycles. The molecule has 0 aliphatic rings. The summed E-state index contributed by atoms with van der Waals surface area (Å²) in [5.41, 5.74) is 5.68. The molecular weight excluding hydrogens is 330 g/mol. The van der Waals surface area contributed by atoms with E-state index in [-0.39, 0.29) is 10.6 Å². The summed E-state index contributed by atoms with van der Waals surface area (Å²) in [7, 11) is 0. The highest BCUT2D eigenvalue weighted by molar-refractivity contribution is 7.21. The first kappa shape index (κ1) is 15.8. The Morgan fingerprint density at radius 2 is 1.96 bits per heavy atom. The van der Waals surface area contributed by atoms with Gasteiger partial charge in [-0.05, 0) is 11.6 Å². The van der Waals surface area contributed by atoms with Gasteiger partial charge in [0.15, 0.2) is 0 Å². The first-order valence-electron chi connectivity index (χ1n) is 6.96. The van der Waals surface area contributed by atoms with Crippen molar-refractivity contribution in [1.29, 1.82) is 0 Å². The number of aromatic nitrogens is 1. The van der Waals surface area contributed by atoms with Gasteiger partial charge in [0, 0.05) is 11.9 Å². The van der Waals surface area contributed by atoms with Crippen LogP contribution in [-0.4, -0.2) is 16.9 Å². The first-order chi connectivity index (χ1) is 11.5. The standard InChI is InChI=1S/C16H13N3O4S/c17-11-9-6-10(16(22)23)13(20)19-15(9)24-12(11)14(21)18-7-8-4-2-1-3-5-8/h1-6H,7,17H2,(H,18,21)(H,19,20)(H,22,23)/p-1. The average molecular weight is 342 g/mol. The summed E-state index contributed by atoms with van der Waals surface area (Å²) in [6.07, 6.45) is 0. The number of thiophene rings is 1. The number of aromatic amines is 1. The zero-order valence-electron chi connectivity index (χ0n) is 12.3. The molecule has 0 unspecified atom stereocenters. The summed E-state index contributed by atoms with van der Waals surface area (Å²) in [6, 6.07) is 10.5. The number of nitrogen functional groups attached to an aromatic ring is 1. The van der Waals surface area contributed by atoms with E-state index in [0.29, 0.717) is 16.8 Å². The minimum Gasteiger partial charge on any atom is -0.545 e. The van der Waals surface area contributed by atoms with E-state index in [1.54, 1.807) is 0 Å². The number of carbonyl (C=O) groups excluding carboxylic acids is 2. The number of anilines is 1. The summed E-state index contributed by atoms with van der Waals surface area (Å²) < 4.78 is 0. The number of carboxylic acids is 1. The van der Waals surface area contributed by atoms with Crippen LogP contribution in [-0.2, 0) is 6.54 Å². The van der Waals surface area contributed by atoms with E-state index >= 15 is 0 Å². The van der Waals surface area contributed by atoms with E-state index in [4.69, 9.17) is 5.73 Å². The molecule has 1 amide bonds. The molecule has 8 heteroatoms. The molecule has 3 aromatic rings. The van der Waals surface area contributed by atoms with Crippen molar-refractivity contribution in [3.05, 3.63) is 62.8 Å². The predicted octanol–water partition coefficient (Wildman–Crippen LogP) is 0.465. The highest BCUT2D eigenvalue weighted by atomic mass is 32.1. The van der Waals surface area contributed by atoms with Gasteiger partial charge in [-0.2, -0.15) is 0 Å². The molecule has 0 fully saturated rings. The lowest BCUT2D eigenvalue weighted by Gasteiger charge is -2.04. The van der Waals surface area contributed by atoms with Crippen LogP contribution in [0.3, 0.4) is 0 Å². The van der Waals surface area contributed by atoms with Crippen LogP contribution in [0.15, 0.2) is 41.2 Å². The topological polar surface area (TPSA) is 128 Å². The Balaban J connectivity index is 1.92. The van der Waals surface area contributed by atoms with Gasteiger partial charge in [0.2, 0.25) is 0 Å². The van der Waals surface area contributed by atoms with Crippen LogP contribution in [0, 0.1) is 0 Å². The highest BCUT2D eigenvalue weighted by Crippen LogP contribution is 2.31. The number of hydrogen-bond donors (Lipinski definition) is 3. The molecule has 7 nitrogen and oxygen atoms in total. The fourth-order valence-corrected chi connectivity index (χ4v) is 3.26. The van der Waals surface area contributed by atoms with Gasteiger partial charge >= 0.3 is 0 Å². The van der Waals surface area contributed by atoms with E-state index in [0.717, 1.165) is 23.0 Å². The molecule has 1 aromatic carbocycles. The molecule has 122 valence electrons. The van der Waals surface area contributed by atoms with Crippen LogP contribution in [0.1, 0.15) is 25.6 Å². The number of amides is 1. The number of pyridine rings is 1. The molecule has 4 N–H and O–H groups in total. The molecule has 3 rings (SSSR count). The van der Waals surface area contributed by atoms with Crippen molar-refractivity contribution in [1.82, 2.24) is 10.3 Å². The zero-order valence-corrected chi connectivity index (χ0v) is 13.1. The normalized spacial score (nSPS) is 10.7. The molecule has 0 bridgehead atoms. The van der Waals surface area contributed by atoms with Gasteiger partial charge in [-0.15, -0.1) is 11.3 Å². The Labute approximate surface area is 139 Å². The molecule has 0 saturated carbocycles. The van der Waals surface area contributed by atoms with Crippen molar-refractivity contribution in [3.63, 3.8) is 0 Å². The average Bonchev–Trinajstić information content (AvgIpc) is 2.88. The Hall–Kier alpha value is -3.13. The quantitative estimate of drug-likeness (QED) is 0.635. The molecule has 2 heterocycles. The van der Waals surface area contributed by atoms with Gasteiger partial charge in [0.05, 0.1) is 17.2 Å². The SMILES string of the molecule is Nc1c(C(=O)NCc2ccccc2)sc2[nH]c(=O)c(C(=O)[O-])cc12. The number of carbonyl (C=O) groups is 2. The van der Waals surface area contributed by atoms with Crippen molar-refractivity contribution >= 4 is 39.1 Å². The fourth-order valence-electron chi connectivity index (χ4n) is 2.25. The lowest BCUT2D eigenvalue weighted by Crippen LogP contribution is -2.29. The van der Waals surface area contributed by atoms with Crippen molar-refractivity contribution in [2.75, 3.05) is 5.73 Å². The Kier molecular flexibility index (Phi) is 4.05. The third kappa shape index (κ3) is 2.86. The highest BCUT2D eigenvalue weighted by Gasteiger charge is 2.18. The number of carboxylic acid groups (broad SMARTS) is 1. The van der Waals surface area contributed by atoms with Gasteiger partial charge < -0.3 is 25.9 Å². The molecule has 0 radical (unpaired) electrons. The molecule has 2 aromatic heterocycles. The lowest BCUT2D eigenvalue weighted by atomic mass is 10.2. The Morgan fingerprint density at radius 3 is 2.62 bits per heavy atom. The maximum absolute atomic E-state index is 12.3. The van der Waals surface area contributed by atoms with Crippen LogP contribution >= 0.6 is 11.3 Å². The first-order valence-corrected chi connectivity index (χ1v) is 7.78. The monoisotopic (exact) mass is 342 g/mol. The Morgan fingerprint density at radius 1 is 1.25 bits per heavy atom. The molecular formula is C16H12N3O4S-. The van der Waals surface area contributed by atoms with Gasteiger partial charge in [-0.1, -0.05) is 30.3 Å². The van der Waals surface area contributed by atoms with E-state index in [2.05, 4.69) is 10.3 Å². The van der Waals surface area contributed by atoms with Crippen LogP contribution in [0.4, 0.5) is 5.69 Å². The molecule has 0 atom stereocenters. The van der Waals surface area contributed by atoms with E-state index < -0.39 is 23.0 Å². The van der Waals surface area contributed by atoms with Gasteiger partial charge in [0.25, 0.3) is 11.5 Å². The van der Waals surface area contributed by atoms with Crippen LogP contribution in [0.2, 0.25) is 0 Å². The Bertz CT molecular complexity index is 992. The largest absolute Gasteiger partial charge is 0.545 e. The summed E-state index contributed by atoms with van der Waals surface area (Å²) >= 11 is 0.996. The number of fused-ring (bicyclic) bond motifs is 1. The number of H-pyrrole nitrogens is 1. The minimum atomic E-state index is -1.60. The minimum absolute atomic E-state index is 0.124. The summed E-state index contributed by atoms with van der Waals surface area (Å²) in [5.74, 6) is -1.99. The number of nitrogens with one attached hydrogen (secondary N) is 2. The third-order valence-electron chi connectivity index (χ3n) is 3.47. The second-order valence-electron chi connectivity index (χ2n) is 5.06. The number of benzene rings is 1. The van der Waals surface area contributed by atoms with Crippen LogP contribution < -0.4 is 21.7 Å². The van der Waals surface area contributed by atoms with Crippen molar-refractivity contribution < 1.29 is 14.7 Å². The number of nitrogens with two attached hydrogens (primary N) is 1. The smallest absolute Gasteiger partial charge is 0.263 e. The van der Waals surface area contributed by atoms with E-state index in [1.165, 1.54) is 0 Å². The van der Waals surface area contributed by atoms with Crippen LogP contribution in [0.25, 0.3) is 10.2 Å². The maximum Gasteiger partial charge on any atom is 0.263 e. The zero-order chi connectivity index (χ0) is 17.3. The van der Waals surface area contributed by atoms with Gasteiger partial charge in [-0.25, -0.2) is 0 Å². The molecule has 0 spiro atoms. The summed E-state index contributed by atoms with van der Waals surface area (Å²) in [4.78, 5) is 37.9. The number of aromatic carboxylic acids is 1. The number of hydrogen-bond acceptors (Lipinski definition) is 6. The van der Waals surface area contributed by atoms with E-state index in [9.17, 15) is 19.5 Å². The predicted molar refractivity (Wildman–Crippen MR) is 88.8 cm³/mol. The van der Waals surface area contributed by atoms with Crippen LogP contribution in [0.5, 0.6) is 0 Å². The summed E-state index contributed by atoms with van der Waals surface area (Å²) in [6.45, 7) is 0.328. The fraction of sp³-hybridized carbons (Fsp3) is 0.0625. The summed E-state index contributed by atoms with van der Waals surface area (Å²) in [5, 5.41) is 14.0. The molecule has 24 heavy (non-hydrogen) atoms. The van der Waals surface area contributed by atoms with Gasteiger partial charge in [-0.3, -0.25) is 9.59 Å². The maximum atomic E-state index is 12.3.